The maximum atomic E-state index is 12.8. The third-order valence-corrected chi connectivity index (χ3v) is 4.96. The number of rotatable bonds is 3. The Labute approximate surface area is 133 Å². The van der Waals surface area contributed by atoms with Crippen LogP contribution in [0.4, 0.5) is 0 Å². The first-order valence-electron chi connectivity index (χ1n) is 7.92. The Morgan fingerprint density at radius 3 is 2.65 bits per heavy atom. The van der Waals surface area contributed by atoms with Gasteiger partial charge in [0.2, 0.25) is 5.43 Å². The van der Waals surface area contributed by atoms with Gasteiger partial charge < -0.3 is 19.7 Å². The number of aldehydes is 1. The van der Waals surface area contributed by atoms with Gasteiger partial charge in [-0.1, -0.05) is 12.8 Å². The zero-order valence-corrected chi connectivity index (χ0v) is 12.8. The van der Waals surface area contributed by atoms with E-state index in [1.54, 1.807) is 4.90 Å². The number of aromatic hydroxyl groups is 1. The lowest BCUT2D eigenvalue weighted by molar-refractivity contribution is 0.0359. The number of amides is 1. The predicted octanol–water partition coefficient (Wildman–Crippen LogP) is 0.373. The first-order chi connectivity index (χ1) is 11.1. The van der Waals surface area contributed by atoms with Crippen LogP contribution in [-0.4, -0.2) is 51.1 Å². The summed E-state index contributed by atoms with van der Waals surface area (Å²) in [7, 11) is 0. The molecule has 1 amide bonds. The van der Waals surface area contributed by atoms with Crippen molar-refractivity contribution in [2.75, 3.05) is 13.2 Å². The quantitative estimate of drug-likeness (QED) is 0.784. The van der Waals surface area contributed by atoms with E-state index in [-0.39, 0.29) is 29.8 Å². The second-order valence-electron chi connectivity index (χ2n) is 6.22. The van der Waals surface area contributed by atoms with Crippen molar-refractivity contribution >= 4 is 12.2 Å². The van der Waals surface area contributed by atoms with Crippen molar-refractivity contribution in [2.45, 2.75) is 38.3 Å². The molecule has 2 unspecified atom stereocenters. The van der Waals surface area contributed by atoms with Gasteiger partial charge in [-0.3, -0.25) is 14.4 Å². The monoisotopic (exact) mass is 320 g/mol. The van der Waals surface area contributed by atoms with Crippen molar-refractivity contribution in [1.29, 1.82) is 0 Å². The van der Waals surface area contributed by atoms with Crippen LogP contribution in [0.5, 0.6) is 5.75 Å². The molecule has 1 aromatic heterocycles. The number of hydrogen-bond donors (Lipinski definition) is 2. The van der Waals surface area contributed by atoms with E-state index in [1.807, 2.05) is 0 Å². The second kappa shape index (κ2) is 6.16. The van der Waals surface area contributed by atoms with E-state index in [9.17, 15) is 24.6 Å². The first-order valence-corrected chi connectivity index (χ1v) is 7.92. The molecule has 0 radical (unpaired) electrons. The highest BCUT2D eigenvalue weighted by Gasteiger charge is 2.37. The minimum atomic E-state index is -0.816. The Balaban J connectivity index is 1.99. The number of nitrogens with zero attached hydrogens (tertiary/aromatic N) is 2. The number of fused-ring (bicyclic) bond motifs is 1. The van der Waals surface area contributed by atoms with E-state index >= 15 is 0 Å². The van der Waals surface area contributed by atoms with Gasteiger partial charge >= 0.3 is 0 Å². The van der Waals surface area contributed by atoms with Gasteiger partial charge in [-0.25, -0.2) is 0 Å². The normalized spacial score (nSPS) is 24.4. The highest BCUT2D eigenvalue weighted by atomic mass is 16.3. The SMILES string of the molecule is O=Cc1cn2c(c(O)c1=O)C(=O)N(C1CCCCC1CO)CC2. The van der Waals surface area contributed by atoms with Gasteiger partial charge in [0, 0.05) is 37.9 Å². The lowest BCUT2D eigenvalue weighted by Gasteiger charge is -2.42. The molecule has 1 aliphatic heterocycles. The summed E-state index contributed by atoms with van der Waals surface area (Å²) in [5.74, 6) is -1.04. The smallest absolute Gasteiger partial charge is 0.274 e. The summed E-state index contributed by atoms with van der Waals surface area (Å²) in [6.07, 6.45) is 5.42. The van der Waals surface area contributed by atoms with Crippen LogP contribution >= 0.6 is 0 Å². The fraction of sp³-hybridized carbons (Fsp3) is 0.562. The third kappa shape index (κ3) is 2.55. The zero-order valence-electron chi connectivity index (χ0n) is 12.8. The largest absolute Gasteiger partial charge is 0.503 e. The molecule has 0 aromatic carbocycles. The molecule has 1 saturated carbocycles. The third-order valence-electron chi connectivity index (χ3n) is 4.96. The highest BCUT2D eigenvalue weighted by Crippen LogP contribution is 2.31. The molecule has 0 bridgehead atoms. The van der Waals surface area contributed by atoms with Gasteiger partial charge in [0.1, 0.15) is 0 Å². The first kappa shape index (κ1) is 15.7. The van der Waals surface area contributed by atoms with Crippen molar-refractivity contribution in [2.24, 2.45) is 5.92 Å². The number of carbonyl (C=O) groups excluding carboxylic acids is 2. The lowest BCUT2D eigenvalue weighted by Crippen LogP contribution is -2.51. The number of hydrogen-bond acceptors (Lipinski definition) is 5. The summed E-state index contributed by atoms with van der Waals surface area (Å²) < 4.78 is 1.47. The zero-order chi connectivity index (χ0) is 16.6. The Kier molecular flexibility index (Phi) is 4.21. The van der Waals surface area contributed by atoms with Crippen molar-refractivity contribution in [3.8, 4) is 5.75 Å². The van der Waals surface area contributed by atoms with E-state index in [2.05, 4.69) is 0 Å². The molecule has 2 N–H and O–H groups in total. The maximum Gasteiger partial charge on any atom is 0.274 e. The molecule has 23 heavy (non-hydrogen) atoms. The van der Waals surface area contributed by atoms with Gasteiger partial charge in [0.15, 0.2) is 17.7 Å². The minimum Gasteiger partial charge on any atom is -0.503 e. The lowest BCUT2D eigenvalue weighted by atomic mass is 9.83. The molecule has 3 rings (SSSR count). The van der Waals surface area contributed by atoms with Crippen LogP contribution in [0.25, 0.3) is 0 Å². The molecule has 1 aromatic rings. The van der Waals surface area contributed by atoms with Crippen LogP contribution in [-0.2, 0) is 6.54 Å². The van der Waals surface area contributed by atoms with Crippen LogP contribution in [0.1, 0.15) is 46.5 Å². The van der Waals surface area contributed by atoms with Gasteiger partial charge in [-0.2, -0.15) is 0 Å². The average Bonchev–Trinajstić information content (AvgIpc) is 2.58. The van der Waals surface area contributed by atoms with Gasteiger partial charge in [0.05, 0.1) is 5.56 Å². The number of aliphatic hydroxyl groups excluding tert-OH is 1. The van der Waals surface area contributed by atoms with E-state index in [4.69, 9.17) is 0 Å². The van der Waals surface area contributed by atoms with E-state index < -0.39 is 17.1 Å². The van der Waals surface area contributed by atoms with Crippen LogP contribution in [0.15, 0.2) is 11.0 Å². The number of pyridine rings is 1. The molecule has 0 saturated heterocycles. The average molecular weight is 320 g/mol. The Hall–Kier alpha value is -2.15. The summed E-state index contributed by atoms with van der Waals surface area (Å²) in [4.78, 5) is 37.3. The predicted molar refractivity (Wildman–Crippen MR) is 81.6 cm³/mol. The fourth-order valence-electron chi connectivity index (χ4n) is 3.74. The van der Waals surface area contributed by atoms with Crippen LogP contribution in [0, 0.1) is 5.92 Å². The highest BCUT2D eigenvalue weighted by molar-refractivity contribution is 5.96. The summed E-state index contributed by atoms with van der Waals surface area (Å²) >= 11 is 0. The molecule has 2 atom stereocenters. The van der Waals surface area contributed by atoms with Crippen molar-refractivity contribution < 1.29 is 19.8 Å². The van der Waals surface area contributed by atoms with Gasteiger partial charge in [0.25, 0.3) is 5.91 Å². The number of aromatic nitrogens is 1. The summed E-state index contributed by atoms with van der Waals surface area (Å²) in [6, 6.07) is -0.0738. The van der Waals surface area contributed by atoms with Gasteiger partial charge in [-0.05, 0) is 12.8 Å². The molecular weight excluding hydrogens is 300 g/mol. The van der Waals surface area contributed by atoms with Crippen LogP contribution < -0.4 is 5.43 Å². The summed E-state index contributed by atoms with van der Waals surface area (Å²) in [5, 5.41) is 19.6. The Bertz CT molecular complexity index is 696. The molecule has 7 nitrogen and oxygen atoms in total. The molecule has 2 heterocycles. The minimum absolute atomic E-state index is 0.0251. The standard InChI is InChI=1S/C16H20N2O5/c19-8-10-3-1-2-4-12(10)18-6-5-17-7-11(9-20)14(21)15(22)13(17)16(18)23/h7,9-10,12,19,22H,1-6,8H2. The summed E-state index contributed by atoms with van der Waals surface area (Å²) in [5.41, 5.74) is -1.03. The molecule has 2 aliphatic rings. The van der Waals surface area contributed by atoms with Crippen LogP contribution in [0.3, 0.4) is 0 Å². The van der Waals surface area contributed by atoms with E-state index in [0.29, 0.717) is 19.4 Å². The number of carbonyl (C=O) groups is 2. The van der Waals surface area contributed by atoms with E-state index in [1.165, 1.54) is 10.8 Å². The molecule has 0 spiro atoms. The van der Waals surface area contributed by atoms with E-state index in [0.717, 1.165) is 25.7 Å². The second-order valence-corrected chi connectivity index (χ2v) is 6.22. The molecular formula is C16H20N2O5. The molecule has 1 fully saturated rings. The fourth-order valence-corrected chi connectivity index (χ4v) is 3.74. The Morgan fingerprint density at radius 2 is 1.96 bits per heavy atom. The molecule has 1 aliphatic carbocycles. The molecule has 124 valence electrons. The van der Waals surface area contributed by atoms with Crippen LogP contribution in [0.2, 0.25) is 0 Å². The summed E-state index contributed by atoms with van der Waals surface area (Å²) in [6.45, 7) is 0.870. The van der Waals surface area contributed by atoms with Gasteiger partial charge in [-0.15, -0.1) is 0 Å². The van der Waals surface area contributed by atoms with Crippen molar-refractivity contribution in [3.05, 3.63) is 27.7 Å². The van der Waals surface area contributed by atoms with Crippen molar-refractivity contribution in [3.63, 3.8) is 0 Å². The Morgan fingerprint density at radius 1 is 1.22 bits per heavy atom. The van der Waals surface area contributed by atoms with Crippen molar-refractivity contribution in [1.82, 2.24) is 9.47 Å². The number of aliphatic hydroxyl groups is 1. The molecule has 7 heteroatoms. The topological polar surface area (TPSA) is 99.8 Å². The maximum absolute atomic E-state index is 12.8.